The van der Waals surface area contributed by atoms with Crippen LogP contribution in [0.15, 0.2) is 18.2 Å². The fourth-order valence-electron chi connectivity index (χ4n) is 3.24. The van der Waals surface area contributed by atoms with Crippen LogP contribution in [-0.4, -0.2) is 24.4 Å². The van der Waals surface area contributed by atoms with Crippen molar-refractivity contribution < 1.29 is 9.59 Å². The third-order valence-electron chi connectivity index (χ3n) is 4.95. The van der Waals surface area contributed by atoms with Crippen molar-refractivity contribution >= 4 is 23.2 Å². The molecule has 1 aromatic carbocycles. The lowest BCUT2D eigenvalue weighted by molar-refractivity contribution is -0.120. The molecule has 0 radical (unpaired) electrons. The number of nitrogens with one attached hydrogen (secondary N) is 3. The largest absolute Gasteiger partial charge is 0.376 e. The fourth-order valence-corrected chi connectivity index (χ4v) is 3.24. The minimum absolute atomic E-state index is 0.0359. The van der Waals surface area contributed by atoms with Crippen LogP contribution in [0.5, 0.6) is 0 Å². The number of anilines is 2. The Kier molecular flexibility index (Phi) is 5.38. The fraction of sp³-hybridized carbons (Fsp3) is 0.579. The monoisotopic (exact) mass is 329 g/mol. The summed E-state index contributed by atoms with van der Waals surface area (Å²) >= 11 is 0. The van der Waals surface area contributed by atoms with Crippen LogP contribution >= 0.6 is 0 Å². The molecule has 2 saturated carbocycles. The van der Waals surface area contributed by atoms with Gasteiger partial charge in [-0.1, -0.05) is 25.3 Å². The first-order valence-corrected chi connectivity index (χ1v) is 9.07. The number of amides is 2. The van der Waals surface area contributed by atoms with Crippen LogP contribution in [0.4, 0.5) is 11.4 Å². The lowest BCUT2D eigenvalue weighted by Crippen LogP contribution is -2.39. The Balaban J connectivity index is 1.52. The molecule has 0 spiro atoms. The quantitative estimate of drug-likeness (QED) is 0.750. The summed E-state index contributed by atoms with van der Waals surface area (Å²) in [6, 6.07) is 6.08. The average molecular weight is 329 g/mol. The second-order valence-corrected chi connectivity index (χ2v) is 7.00. The maximum Gasteiger partial charge on any atom is 0.239 e. The Morgan fingerprint density at radius 2 is 1.75 bits per heavy atom. The molecular formula is C19H27N3O2. The van der Waals surface area contributed by atoms with Crippen LogP contribution in [-0.2, 0) is 9.59 Å². The number of carbonyl (C=O) groups is 2. The summed E-state index contributed by atoms with van der Waals surface area (Å²) in [5.74, 6) is 0.321. The van der Waals surface area contributed by atoms with E-state index < -0.39 is 0 Å². The molecule has 2 fully saturated rings. The molecule has 130 valence electrons. The van der Waals surface area contributed by atoms with E-state index in [1.807, 2.05) is 25.1 Å². The van der Waals surface area contributed by atoms with Crippen molar-refractivity contribution in [2.24, 2.45) is 5.92 Å². The van der Waals surface area contributed by atoms with Crippen LogP contribution in [0.25, 0.3) is 0 Å². The van der Waals surface area contributed by atoms with Gasteiger partial charge in [-0.05, 0) is 50.3 Å². The van der Waals surface area contributed by atoms with Crippen molar-refractivity contribution in [2.75, 3.05) is 17.2 Å². The number of hydrogen-bond acceptors (Lipinski definition) is 3. The molecule has 5 heteroatoms. The van der Waals surface area contributed by atoms with E-state index in [0.717, 1.165) is 42.6 Å². The highest BCUT2D eigenvalue weighted by atomic mass is 16.2. The third kappa shape index (κ3) is 4.49. The Bertz CT molecular complexity index is 605. The van der Waals surface area contributed by atoms with E-state index in [-0.39, 0.29) is 24.3 Å². The van der Waals surface area contributed by atoms with Crippen molar-refractivity contribution in [1.29, 1.82) is 0 Å². The Morgan fingerprint density at radius 3 is 2.46 bits per heavy atom. The van der Waals surface area contributed by atoms with E-state index in [1.54, 1.807) is 0 Å². The van der Waals surface area contributed by atoms with Gasteiger partial charge in [0.25, 0.3) is 0 Å². The highest BCUT2D eigenvalue weighted by molar-refractivity contribution is 5.95. The predicted molar refractivity (Wildman–Crippen MR) is 96.0 cm³/mol. The summed E-state index contributed by atoms with van der Waals surface area (Å²) in [6.45, 7) is 2.22. The molecule has 24 heavy (non-hydrogen) atoms. The summed E-state index contributed by atoms with van der Waals surface area (Å²) in [5, 5.41) is 9.29. The molecule has 2 aliphatic rings. The molecule has 0 bridgehead atoms. The molecule has 0 aliphatic heterocycles. The number of benzene rings is 1. The van der Waals surface area contributed by atoms with E-state index in [4.69, 9.17) is 0 Å². The minimum Gasteiger partial charge on any atom is -0.376 e. The van der Waals surface area contributed by atoms with Gasteiger partial charge >= 0.3 is 0 Å². The van der Waals surface area contributed by atoms with Gasteiger partial charge in [0.2, 0.25) is 11.8 Å². The van der Waals surface area contributed by atoms with Gasteiger partial charge in [0.05, 0.1) is 6.54 Å². The Morgan fingerprint density at radius 1 is 1.04 bits per heavy atom. The molecule has 2 amide bonds. The highest BCUT2D eigenvalue weighted by Crippen LogP contribution is 2.31. The number of carbonyl (C=O) groups excluding carboxylic acids is 2. The van der Waals surface area contributed by atoms with E-state index in [0.29, 0.717) is 6.04 Å². The SMILES string of the molecule is Cc1c(NCC(=O)NC2CCCCC2)cccc1NC(=O)C1CC1. The van der Waals surface area contributed by atoms with E-state index in [1.165, 1.54) is 19.3 Å². The van der Waals surface area contributed by atoms with Gasteiger partial charge in [0.15, 0.2) is 0 Å². The predicted octanol–water partition coefficient (Wildman–Crippen LogP) is 3.20. The third-order valence-corrected chi connectivity index (χ3v) is 4.95. The summed E-state index contributed by atoms with van der Waals surface area (Å²) in [6.07, 6.45) is 7.86. The summed E-state index contributed by atoms with van der Waals surface area (Å²) in [7, 11) is 0. The van der Waals surface area contributed by atoms with Gasteiger partial charge in [-0.15, -0.1) is 0 Å². The minimum atomic E-state index is 0.0359. The Labute approximate surface area is 143 Å². The van der Waals surface area contributed by atoms with Gasteiger partial charge < -0.3 is 16.0 Å². The zero-order valence-corrected chi connectivity index (χ0v) is 14.4. The zero-order chi connectivity index (χ0) is 16.9. The lowest BCUT2D eigenvalue weighted by atomic mass is 9.95. The van der Waals surface area contributed by atoms with Crippen molar-refractivity contribution in [3.05, 3.63) is 23.8 Å². The lowest BCUT2D eigenvalue weighted by Gasteiger charge is -2.23. The number of rotatable bonds is 6. The second-order valence-electron chi connectivity index (χ2n) is 7.00. The standard InChI is InChI=1S/C19H27N3O2/c1-13-16(8-5-9-17(13)22-19(24)14-10-11-14)20-12-18(23)21-15-6-3-2-4-7-15/h5,8-9,14-15,20H,2-4,6-7,10-12H2,1H3,(H,21,23)(H,22,24). The van der Waals surface area contributed by atoms with Gasteiger partial charge in [0, 0.05) is 23.3 Å². The molecule has 0 heterocycles. The van der Waals surface area contributed by atoms with E-state index in [2.05, 4.69) is 16.0 Å². The van der Waals surface area contributed by atoms with Crippen LogP contribution in [0, 0.1) is 12.8 Å². The second kappa shape index (κ2) is 7.69. The van der Waals surface area contributed by atoms with Gasteiger partial charge in [-0.3, -0.25) is 9.59 Å². The van der Waals surface area contributed by atoms with Crippen molar-refractivity contribution in [2.45, 2.75) is 57.9 Å². The summed E-state index contributed by atoms with van der Waals surface area (Å²) in [4.78, 5) is 24.0. The Hall–Kier alpha value is -2.04. The highest BCUT2D eigenvalue weighted by Gasteiger charge is 2.29. The molecule has 5 nitrogen and oxygen atoms in total. The van der Waals surface area contributed by atoms with Crippen LogP contribution < -0.4 is 16.0 Å². The molecule has 0 saturated heterocycles. The molecule has 3 N–H and O–H groups in total. The molecule has 0 atom stereocenters. The molecule has 0 unspecified atom stereocenters. The van der Waals surface area contributed by atoms with Crippen molar-refractivity contribution in [1.82, 2.24) is 5.32 Å². The maximum atomic E-state index is 12.1. The smallest absolute Gasteiger partial charge is 0.239 e. The first kappa shape index (κ1) is 16.8. The molecular weight excluding hydrogens is 302 g/mol. The van der Waals surface area contributed by atoms with E-state index in [9.17, 15) is 9.59 Å². The average Bonchev–Trinajstić information content (AvgIpc) is 3.41. The van der Waals surface area contributed by atoms with E-state index >= 15 is 0 Å². The van der Waals surface area contributed by atoms with Crippen molar-refractivity contribution in [3.63, 3.8) is 0 Å². The first-order chi connectivity index (χ1) is 11.6. The van der Waals surface area contributed by atoms with Crippen LogP contribution in [0.3, 0.4) is 0 Å². The maximum absolute atomic E-state index is 12.1. The first-order valence-electron chi connectivity index (χ1n) is 9.07. The molecule has 3 rings (SSSR count). The molecule has 1 aromatic rings. The van der Waals surface area contributed by atoms with Crippen LogP contribution in [0.1, 0.15) is 50.5 Å². The summed E-state index contributed by atoms with van der Waals surface area (Å²) < 4.78 is 0. The van der Waals surface area contributed by atoms with Crippen LogP contribution in [0.2, 0.25) is 0 Å². The zero-order valence-electron chi connectivity index (χ0n) is 14.4. The summed E-state index contributed by atoms with van der Waals surface area (Å²) in [5.41, 5.74) is 2.68. The van der Waals surface area contributed by atoms with Gasteiger partial charge in [0.1, 0.15) is 0 Å². The van der Waals surface area contributed by atoms with Crippen molar-refractivity contribution in [3.8, 4) is 0 Å². The van der Waals surface area contributed by atoms with Gasteiger partial charge in [-0.2, -0.15) is 0 Å². The molecule has 0 aromatic heterocycles. The topological polar surface area (TPSA) is 70.2 Å². The normalized spacial score (nSPS) is 18.0. The number of hydrogen-bond donors (Lipinski definition) is 3. The van der Waals surface area contributed by atoms with Gasteiger partial charge in [-0.25, -0.2) is 0 Å². The molecule has 2 aliphatic carbocycles.